The Kier molecular flexibility index (Phi) is 6.11. The highest BCUT2D eigenvalue weighted by Crippen LogP contribution is 2.34. The number of benzene rings is 1. The van der Waals surface area contributed by atoms with Crippen molar-refractivity contribution >= 4 is 11.6 Å². The molecule has 0 aliphatic carbocycles. The van der Waals surface area contributed by atoms with E-state index < -0.39 is 0 Å². The first kappa shape index (κ1) is 14.1. The predicted molar refractivity (Wildman–Crippen MR) is 65.9 cm³/mol. The fourth-order valence-electron chi connectivity index (χ4n) is 1.43. The van der Waals surface area contributed by atoms with Crippen molar-refractivity contribution in [1.29, 1.82) is 0 Å². The zero-order valence-corrected chi connectivity index (χ0v) is 10.8. The number of aliphatic hydroxyl groups is 1. The largest absolute Gasteiger partial charge is 0.493 e. The first-order chi connectivity index (χ1) is 8.22. The lowest BCUT2D eigenvalue weighted by atomic mass is 10.2. The summed E-state index contributed by atoms with van der Waals surface area (Å²) in [5.74, 6) is 1.06. The highest BCUT2D eigenvalue weighted by molar-refractivity contribution is 6.30. The van der Waals surface area contributed by atoms with Gasteiger partial charge in [-0.15, -0.1) is 0 Å². The Labute approximate surface area is 106 Å². The lowest BCUT2D eigenvalue weighted by Crippen LogP contribution is -2.05. The van der Waals surface area contributed by atoms with Crippen molar-refractivity contribution in [3.63, 3.8) is 0 Å². The summed E-state index contributed by atoms with van der Waals surface area (Å²) >= 11 is 5.90. The molecule has 1 rings (SSSR count). The van der Waals surface area contributed by atoms with Crippen molar-refractivity contribution in [2.75, 3.05) is 27.4 Å². The summed E-state index contributed by atoms with van der Waals surface area (Å²) in [6.45, 7) is 0.986. The second-order valence-corrected chi connectivity index (χ2v) is 3.89. The van der Waals surface area contributed by atoms with Gasteiger partial charge in [-0.05, 0) is 6.07 Å². The Morgan fingerprint density at radius 3 is 2.59 bits per heavy atom. The van der Waals surface area contributed by atoms with Crippen LogP contribution in [0.4, 0.5) is 0 Å². The molecular formula is C12H17ClO4. The lowest BCUT2D eigenvalue weighted by Gasteiger charge is -2.14. The number of rotatable bonds is 7. The van der Waals surface area contributed by atoms with Crippen LogP contribution in [0, 0.1) is 0 Å². The average Bonchev–Trinajstić information content (AvgIpc) is 2.35. The van der Waals surface area contributed by atoms with Gasteiger partial charge in [-0.3, -0.25) is 0 Å². The average molecular weight is 261 g/mol. The van der Waals surface area contributed by atoms with E-state index in [0.29, 0.717) is 35.3 Å². The fraction of sp³-hybridized carbons (Fsp3) is 0.500. The van der Waals surface area contributed by atoms with Crippen LogP contribution in [0.2, 0.25) is 5.02 Å². The van der Waals surface area contributed by atoms with Gasteiger partial charge in [0.2, 0.25) is 0 Å². The SMILES string of the molecule is COCCCOc1c(CO)cc(Cl)cc1OC. The molecule has 1 aromatic rings. The molecule has 5 heteroatoms. The molecule has 0 amide bonds. The number of ether oxygens (including phenoxy) is 3. The van der Waals surface area contributed by atoms with Crippen molar-refractivity contribution in [2.45, 2.75) is 13.0 Å². The molecule has 0 aliphatic heterocycles. The second kappa shape index (κ2) is 7.37. The van der Waals surface area contributed by atoms with E-state index >= 15 is 0 Å². The predicted octanol–water partition coefficient (Wildman–Crippen LogP) is 2.26. The number of hydrogen-bond acceptors (Lipinski definition) is 4. The van der Waals surface area contributed by atoms with E-state index in [9.17, 15) is 5.11 Å². The second-order valence-electron chi connectivity index (χ2n) is 3.45. The maximum absolute atomic E-state index is 9.25. The highest BCUT2D eigenvalue weighted by atomic mass is 35.5. The minimum Gasteiger partial charge on any atom is -0.493 e. The smallest absolute Gasteiger partial charge is 0.166 e. The molecule has 0 bridgehead atoms. The number of aliphatic hydroxyl groups excluding tert-OH is 1. The molecule has 0 saturated heterocycles. The molecule has 0 fully saturated rings. The summed E-state index contributed by atoms with van der Waals surface area (Å²) in [7, 11) is 3.18. The van der Waals surface area contributed by atoms with Crippen molar-refractivity contribution in [1.82, 2.24) is 0 Å². The minimum atomic E-state index is -0.142. The summed E-state index contributed by atoms with van der Waals surface area (Å²) in [5, 5.41) is 9.76. The number of halogens is 1. The maximum atomic E-state index is 9.25. The normalized spacial score (nSPS) is 10.4. The van der Waals surface area contributed by atoms with Crippen LogP contribution >= 0.6 is 11.6 Å². The Morgan fingerprint density at radius 2 is 2.00 bits per heavy atom. The summed E-state index contributed by atoms with van der Waals surface area (Å²) in [4.78, 5) is 0. The third-order valence-corrected chi connectivity index (χ3v) is 2.44. The van der Waals surface area contributed by atoms with Crippen LogP contribution < -0.4 is 9.47 Å². The zero-order chi connectivity index (χ0) is 12.7. The summed E-state index contributed by atoms with van der Waals surface area (Å²) in [5.41, 5.74) is 0.617. The third-order valence-electron chi connectivity index (χ3n) is 2.23. The topological polar surface area (TPSA) is 47.9 Å². The molecule has 0 aliphatic rings. The van der Waals surface area contributed by atoms with Crippen molar-refractivity contribution in [3.05, 3.63) is 22.7 Å². The van der Waals surface area contributed by atoms with Gasteiger partial charge in [0, 0.05) is 36.8 Å². The minimum absolute atomic E-state index is 0.142. The fourth-order valence-corrected chi connectivity index (χ4v) is 1.66. The van der Waals surface area contributed by atoms with E-state index in [1.165, 1.54) is 7.11 Å². The molecule has 0 atom stereocenters. The molecule has 4 nitrogen and oxygen atoms in total. The Morgan fingerprint density at radius 1 is 1.24 bits per heavy atom. The highest BCUT2D eigenvalue weighted by Gasteiger charge is 2.12. The standard InChI is InChI=1S/C12H17ClO4/c1-15-4-3-5-17-12-9(8-14)6-10(13)7-11(12)16-2/h6-7,14H,3-5,8H2,1-2H3. The van der Waals surface area contributed by atoms with Crippen LogP contribution in [0.5, 0.6) is 11.5 Å². The maximum Gasteiger partial charge on any atom is 0.166 e. The van der Waals surface area contributed by atoms with E-state index in [2.05, 4.69) is 0 Å². The van der Waals surface area contributed by atoms with E-state index in [1.54, 1.807) is 19.2 Å². The van der Waals surface area contributed by atoms with Crippen LogP contribution in [0.1, 0.15) is 12.0 Å². The van der Waals surface area contributed by atoms with Gasteiger partial charge in [0.15, 0.2) is 11.5 Å². The van der Waals surface area contributed by atoms with Crippen LogP contribution in [0.3, 0.4) is 0 Å². The lowest BCUT2D eigenvalue weighted by molar-refractivity contribution is 0.169. The molecule has 1 N–H and O–H groups in total. The molecule has 0 aromatic heterocycles. The van der Waals surface area contributed by atoms with Gasteiger partial charge in [0.05, 0.1) is 20.3 Å². The monoisotopic (exact) mass is 260 g/mol. The molecule has 1 aromatic carbocycles. The quantitative estimate of drug-likeness (QED) is 0.764. The number of hydrogen-bond donors (Lipinski definition) is 1. The van der Waals surface area contributed by atoms with E-state index in [4.69, 9.17) is 25.8 Å². The van der Waals surface area contributed by atoms with Crippen molar-refractivity contribution < 1.29 is 19.3 Å². The summed E-state index contributed by atoms with van der Waals surface area (Å²) in [6, 6.07) is 3.32. The van der Waals surface area contributed by atoms with Gasteiger partial charge in [-0.2, -0.15) is 0 Å². The van der Waals surface area contributed by atoms with E-state index in [1.807, 2.05) is 0 Å². The van der Waals surface area contributed by atoms with Gasteiger partial charge >= 0.3 is 0 Å². The van der Waals surface area contributed by atoms with Gasteiger partial charge in [-0.25, -0.2) is 0 Å². The first-order valence-corrected chi connectivity index (χ1v) is 5.69. The van der Waals surface area contributed by atoms with Gasteiger partial charge in [-0.1, -0.05) is 11.6 Å². The Bertz CT molecular complexity index is 329. The third kappa shape index (κ3) is 4.07. The zero-order valence-electron chi connectivity index (χ0n) is 10.0. The van der Waals surface area contributed by atoms with E-state index in [0.717, 1.165) is 6.42 Å². The van der Waals surface area contributed by atoms with Gasteiger partial charge in [0.1, 0.15) is 0 Å². The molecule has 0 unspecified atom stereocenters. The van der Waals surface area contributed by atoms with Crippen LogP contribution in [0.25, 0.3) is 0 Å². The first-order valence-electron chi connectivity index (χ1n) is 5.32. The van der Waals surface area contributed by atoms with Gasteiger partial charge < -0.3 is 19.3 Å². The van der Waals surface area contributed by atoms with Crippen LogP contribution in [-0.4, -0.2) is 32.5 Å². The van der Waals surface area contributed by atoms with Crippen molar-refractivity contribution in [3.8, 4) is 11.5 Å². The summed E-state index contributed by atoms with van der Waals surface area (Å²) < 4.78 is 15.7. The van der Waals surface area contributed by atoms with E-state index in [-0.39, 0.29) is 6.61 Å². The number of methoxy groups -OCH3 is 2. The Balaban J connectivity index is 2.79. The van der Waals surface area contributed by atoms with Crippen LogP contribution in [-0.2, 0) is 11.3 Å². The molecular weight excluding hydrogens is 244 g/mol. The summed E-state index contributed by atoms with van der Waals surface area (Å²) in [6.07, 6.45) is 0.771. The molecule has 0 heterocycles. The van der Waals surface area contributed by atoms with Gasteiger partial charge in [0.25, 0.3) is 0 Å². The van der Waals surface area contributed by atoms with Crippen molar-refractivity contribution in [2.24, 2.45) is 0 Å². The molecule has 0 saturated carbocycles. The van der Waals surface area contributed by atoms with Crippen LogP contribution in [0.15, 0.2) is 12.1 Å². The molecule has 0 spiro atoms. The molecule has 0 radical (unpaired) electrons. The molecule has 96 valence electrons. The molecule has 17 heavy (non-hydrogen) atoms. The Hall–Kier alpha value is -0.970.